The molecule has 3 aromatic rings. The number of benzene rings is 2. The number of rotatable bonds is 1. The number of aromatic amines is 1. The van der Waals surface area contributed by atoms with Crippen molar-refractivity contribution < 1.29 is 8.78 Å². The Labute approximate surface area is 126 Å². The van der Waals surface area contributed by atoms with Crippen LogP contribution in [0.1, 0.15) is 0 Å². The van der Waals surface area contributed by atoms with E-state index in [9.17, 15) is 8.78 Å². The summed E-state index contributed by atoms with van der Waals surface area (Å²) in [6.07, 6.45) is 0. The Kier molecular flexibility index (Phi) is 3.14. The van der Waals surface area contributed by atoms with E-state index in [1.54, 1.807) is 6.07 Å². The molecular formula is C13H7F2IN2S. The monoisotopic (exact) mass is 388 g/mol. The Morgan fingerprint density at radius 1 is 1.16 bits per heavy atom. The first-order valence-corrected chi connectivity index (χ1v) is 6.91. The largest absolute Gasteiger partial charge is 0.330 e. The lowest BCUT2D eigenvalue weighted by Crippen LogP contribution is -1.97. The molecule has 0 aliphatic carbocycles. The lowest BCUT2D eigenvalue weighted by Gasteiger charge is -2.06. The van der Waals surface area contributed by atoms with Gasteiger partial charge in [0.05, 0.1) is 5.52 Å². The summed E-state index contributed by atoms with van der Waals surface area (Å²) < 4.78 is 30.2. The highest BCUT2D eigenvalue weighted by molar-refractivity contribution is 14.1. The smallest absolute Gasteiger partial charge is 0.184 e. The van der Waals surface area contributed by atoms with Gasteiger partial charge in [0, 0.05) is 9.26 Å². The van der Waals surface area contributed by atoms with E-state index in [0.29, 0.717) is 16.0 Å². The number of imidazole rings is 1. The number of nitrogens with zero attached hydrogens (tertiary/aromatic N) is 1. The van der Waals surface area contributed by atoms with E-state index in [1.165, 1.54) is 10.6 Å². The minimum Gasteiger partial charge on any atom is -0.330 e. The van der Waals surface area contributed by atoms with Crippen molar-refractivity contribution in [3.8, 4) is 5.69 Å². The summed E-state index contributed by atoms with van der Waals surface area (Å²) in [4.78, 5) is 2.88. The molecule has 0 spiro atoms. The van der Waals surface area contributed by atoms with E-state index in [-0.39, 0.29) is 5.52 Å². The second-order valence-electron chi connectivity index (χ2n) is 4.00. The predicted molar refractivity (Wildman–Crippen MR) is 81.1 cm³/mol. The maximum atomic E-state index is 14.0. The van der Waals surface area contributed by atoms with Crippen molar-refractivity contribution in [3.63, 3.8) is 0 Å². The van der Waals surface area contributed by atoms with Crippen LogP contribution in [0.3, 0.4) is 0 Å². The van der Waals surface area contributed by atoms with E-state index >= 15 is 0 Å². The Morgan fingerprint density at radius 3 is 2.68 bits per heavy atom. The van der Waals surface area contributed by atoms with Crippen LogP contribution in [0.4, 0.5) is 8.78 Å². The molecule has 2 aromatic carbocycles. The van der Waals surface area contributed by atoms with Crippen LogP contribution >= 0.6 is 34.8 Å². The Hall–Kier alpha value is -1.28. The van der Waals surface area contributed by atoms with Crippen molar-refractivity contribution in [2.45, 2.75) is 0 Å². The van der Waals surface area contributed by atoms with Crippen molar-refractivity contribution >= 4 is 45.8 Å². The quantitative estimate of drug-likeness (QED) is 0.479. The summed E-state index contributed by atoms with van der Waals surface area (Å²) in [6.45, 7) is 0. The van der Waals surface area contributed by atoms with Gasteiger partial charge < -0.3 is 4.98 Å². The van der Waals surface area contributed by atoms with Crippen LogP contribution in [0.25, 0.3) is 16.7 Å². The van der Waals surface area contributed by atoms with E-state index in [2.05, 4.69) is 27.6 Å². The maximum Gasteiger partial charge on any atom is 0.184 e. The predicted octanol–water partition coefficient (Wildman–Crippen LogP) is 4.57. The molecule has 0 aliphatic heterocycles. The first-order chi connectivity index (χ1) is 9.08. The molecule has 0 atom stereocenters. The van der Waals surface area contributed by atoms with Crippen molar-refractivity contribution in [2.24, 2.45) is 0 Å². The molecule has 1 aromatic heterocycles. The van der Waals surface area contributed by atoms with E-state index in [0.717, 1.165) is 9.64 Å². The molecule has 19 heavy (non-hydrogen) atoms. The molecule has 1 heterocycles. The third-order valence-electron chi connectivity index (χ3n) is 2.80. The second-order valence-corrected chi connectivity index (χ2v) is 5.64. The van der Waals surface area contributed by atoms with Gasteiger partial charge in [-0.05, 0) is 65.1 Å². The van der Waals surface area contributed by atoms with Gasteiger partial charge in [-0.25, -0.2) is 8.78 Å². The number of fused-ring (bicyclic) bond motifs is 1. The number of nitrogens with one attached hydrogen (secondary N) is 1. The second kappa shape index (κ2) is 4.68. The Bertz CT molecular complexity index is 838. The summed E-state index contributed by atoms with van der Waals surface area (Å²) >= 11 is 7.35. The SMILES string of the molecule is Fc1ccc2[nH]c(=S)n(-c3cccc(I)c3)c2c1F. The molecule has 2 nitrogen and oxygen atoms in total. The Balaban J connectivity index is 2.44. The summed E-state index contributed by atoms with van der Waals surface area (Å²) in [5, 5.41) is 0. The average molecular weight is 388 g/mol. The summed E-state index contributed by atoms with van der Waals surface area (Å²) in [5.41, 5.74) is 1.31. The minimum absolute atomic E-state index is 0.131. The zero-order chi connectivity index (χ0) is 13.6. The highest BCUT2D eigenvalue weighted by atomic mass is 127. The summed E-state index contributed by atoms with van der Waals surface area (Å²) in [6, 6.07) is 9.98. The number of aromatic nitrogens is 2. The standard InChI is InChI=1S/C13H7F2IN2S/c14-9-4-5-10-12(11(9)15)18(13(19)17-10)8-3-1-2-7(16)6-8/h1-6H,(H,17,19). The van der Waals surface area contributed by atoms with Crippen LogP contribution in [0.2, 0.25) is 0 Å². The first kappa shape index (κ1) is 12.7. The van der Waals surface area contributed by atoms with Crippen LogP contribution in [0.15, 0.2) is 36.4 Å². The van der Waals surface area contributed by atoms with Crippen LogP contribution < -0.4 is 0 Å². The van der Waals surface area contributed by atoms with Gasteiger partial charge in [0.2, 0.25) is 0 Å². The zero-order valence-corrected chi connectivity index (χ0v) is 12.4. The van der Waals surface area contributed by atoms with Gasteiger partial charge in [-0.1, -0.05) is 6.07 Å². The van der Waals surface area contributed by atoms with Crippen molar-refractivity contribution in [1.82, 2.24) is 9.55 Å². The molecule has 0 bridgehead atoms. The molecule has 96 valence electrons. The summed E-state index contributed by atoms with van der Waals surface area (Å²) in [7, 11) is 0. The lowest BCUT2D eigenvalue weighted by molar-refractivity contribution is 0.514. The molecule has 0 radical (unpaired) electrons. The summed E-state index contributed by atoms with van der Waals surface area (Å²) in [5.74, 6) is -1.79. The zero-order valence-electron chi connectivity index (χ0n) is 9.45. The first-order valence-electron chi connectivity index (χ1n) is 5.42. The molecule has 6 heteroatoms. The lowest BCUT2D eigenvalue weighted by atomic mass is 10.2. The highest BCUT2D eigenvalue weighted by Crippen LogP contribution is 2.24. The fourth-order valence-electron chi connectivity index (χ4n) is 1.99. The van der Waals surface area contributed by atoms with E-state index in [4.69, 9.17) is 12.2 Å². The number of hydrogen-bond donors (Lipinski definition) is 1. The maximum absolute atomic E-state index is 14.0. The third kappa shape index (κ3) is 2.08. The topological polar surface area (TPSA) is 20.7 Å². The van der Waals surface area contributed by atoms with Gasteiger partial charge in [0.25, 0.3) is 0 Å². The molecule has 0 saturated heterocycles. The molecule has 0 aliphatic rings. The number of halogens is 3. The van der Waals surface area contributed by atoms with Gasteiger partial charge in [-0.3, -0.25) is 4.57 Å². The molecule has 0 fully saturated rings. The van der Waals surface area contributed by atoms with Gasteiger partial charge in [0.1, 0.15) is 5.52 Å². The van der Waals surface area contributed by atoms with Crippen molar-refractivity contribution in [1.29, 1.82) is 0 Å². The Morgan fingerprint density at radius 2 is 1.95 bits per heavy atom. The van der Waals surface area contributed by atoms with Crippen LogP contribution in [0, 0.1) is 20.0 Å². The fourth-order valence-corrected chi connectivity index (χ4v) is 2.83. The minimum atomic E-state index is -0.899. The highest BCUT2D eigenvalue weighted by Gasteiger charge is 2.14. The third-order valence-corrected chi connectivity index (χ3v) is 3.76. The van der Waals surface area contributed by atoms with Crippen LogP contribution in [-0.4, -0.2) is 9.55 Å². The average Bonchev–Trinajstić information content (AvgIpc) is 2.71. The van der Waals surface area contributed by atoms with Crippen LogP contribution in [-0.2, 0) is 0 Å². The number of hydrogen-bond acceptors (Lipinski definition) is 1. The van der Waals surface area contributed by atoms with Crippen molar-refractivity contribution in [3.05, 3.63) is 56.4 Å². The molecular weight excluding hydrogens is 381 g/mol. The van der Waals surface area contributed by atoms with E-state index in [1.807, 2.05) is 18.2 Å². The van der Waals surface area contributed by atoms with Gasteiger partial charge in [-0.2, -0.15) is 0 Å². The molecule has 1 N–H and O–H groups in total. The molecule has 0 saturated carbocycles. The van der Waals surface area contributed by atoms with Crippen molar-refractivity contribution in [2.75, 3.05) is 0 Å². The van der Waals surface area contributed by atoms with Gasteiger partial charge >= 0.3 is 0 Å². The van der Waals surface area contributed by atoms with Gasteiger partial charge in [0.15, 0.2) is 16.4 Å². The number of H-pyrrole nitrogens is 1. The van der Waals surface area contributed by atoms with E-state index < -0.39 is 11.6 Å². The molecule has 0 amide bonds. The molecule has 3 rings (SSSR count). The molecule has 0 unspecified atom stereocenters. The van der Waals surface area contributed by atoms with Gasteiger partial charge in [-0.15, -0.1) is 0 Å². The normalized spacial score (nSPS) is 11.1. The fraction of sp³-hybridized carbons (Fsp3) is 0. The van der Waals surface area contributed by atoms with Crippen LogP contribution in [0.5, 0.6) is 0 Å².